The number of rotatable bonds is 2. The van der Waals surface area contributed by atoms with Gasteiger partial charge in [-0.3, -0.25) is 0 Å². The molecule has 0 atom stereocenters. The molecule has 0 amide bonds. The third kappa shape index (κ3) is 3.89. The van der Waals surface area contributed by atoms with Crippen LogP contribution >= 0.6 is 27.3 Å². The summed E-state index contributed by atoms with van der Waals surface area (Å²) < 4.78 is 1.18. The lowest BCUT2D eigenvalue weighted by Crippen LogP contribution is -2.34. The van der Waals surface area contributed by atoms with Crippen LogP contribution in [0.4, 0.5) is 11.4 Å². The van der Waals surface area contributed by atoms with Gasteiger partial charge in [0.2, 0.25) is 6.34 Å². The normalized spacial score (nSPS) is 14.2. The van der Waals surface area contributed by atoms with E-state index in [9.17, 15) is 0 Å². The highest BCUT2D eigenvalue weighted by atomic mass is 79.9. The van der Waals surface area contributed by atoms with Crippen molar-refractivity contribution in [3.05, 3.63) is 75.2 Å². The number of aromatic nitrogens is 1. The molecule has 126 valence electrons. The predicted molar refractivity (Wildman–Crippen MR) is 107 cm³/mol. The van der Waals surface area contributed by atoms with E-state index in [2.05, 4.69) is 43.4 Å². The summed E-state index contributed by atoms with van der Waals surface area (Å²) in [7, 11) is 0. The molecule has 2 aromatic carbocycles. The van der Waals surface area contributed by atoms with Gasteiger partial charge in [-0.05, 0) is 29.8 Å². The summed E-state index contributed by atoms with van der Waals surface area (Å²) in [6.07, 6.45) is 1.73. The van der Waals surface area contributed by atoms with Crippen molar-refractivity contribution < 1.29 is 0 Å². The molecule has 0 aliphatic carbocycles. The van der Waals surface area contributed by atoms with Crippen LogP contribution in [0.1, 0.15) is 10.6 Å². The van der Waals surface area contributed by atoms with E-state index in [0.717, 1.165) is 21.0 Å². The lowest BCUT2D eigenvalue weighted by Gasteiger charge is -2.20. The molecule has 0 N–H and O–H groups in total. The van der Waals surface area contributed by atoms with Crippen LogP contribution in [-0.2, 0) is 0 Å². The Morgan fingerprint density at radius 1 is 0.880 bits per heavy atom. The van der Waals surface area contributed by atoms with Crippen LogP contribution in [0.2, 0.25) is 0 Å². The maximum absolute atomic E-state index is 4.25. The van der Waals surface area contributed by atoms with Gasteiger partial charge in [0.05, 0.1) is 10.9 Å². The Labute approximate surface area is 159 Å². The number of aryl methyl sites for hydroxylation is 2. The first-order chi connectivity index (χ1) is 12.1. The smallest absolute Gasteiger partial charge is 0.234 e. The van der Waals surface area contributed by atoms with Gasteiger partial charge in [-0.15, -0.1) is 11.3 Å². The Kier molecular flexibility index (Phi) is 5.47. The Morgan fingerprint density at radius 3 is 1.76 bits per heavy atom. The summed E-state index contributed by atoms with van der Waals surface area (Å²) in [5, 5.41) is 11.9. The quantitative estimate of drug-likeness (QED) is 0.462. The molecule has 0 saturated heterocycles. The van der Waals surface area contributed by atoms with Crippen molar-refractivity contribution in [1.29, 1.82) is 0 Å². The van der Waals surface area contributed by atoms with Crippen LogP contribution in [-0.4, -0.2) is 11.3 Å². The summed E-state index contributed by atoms with van der Waals surface area (Å²) in [6, 6.07) is 20.0. The molecule has 1 aliphatic rings. The van der Waals surface area contributed by atoms with Crippen LogP contribution in [0.3, 0.4) is 0 Å². The van der Waals surface area contributed by atoms with Gasteiger partial charge in [0.15, 0.2) is 15.3 Å². The predicted octanol–water partition coefficient (Wildman–Crippen LogP) is 6.17. The molecule has 3 aromatic rings. The maximum Gasteiger partial charge on any atom is 0.250 e. The fourth-order valence-electron chi connectivity index (χ4n) is 2.34. The number of halogens is 1. The van der Waals surface area contributed by atoms with Crippen LogP contribution in [0, 0.1) is 13.8 Å². The van der Waals surface area contributed by atoms with Gasteiger partial charge in [0.25, 0.3) is 0 Å². The monoisotopic (exact) mass is 414 g/mol. The lowest BCUT2D eigenvalue weighted by molar-refractivity contribution is 0.586. The SMILES string of the molecule is C1=NN=N[N+]1(c1ccccc1)c1ccccc1.Cc1nc(Br)sc1C. The third-order valence-corrected chi connectivity index (χ3v) is 5.28. The number of thiazole rings is 1. The zero-order valence-corrected chi connectivity index (χ0v) is 16.3. The average molecular weight is 415 g/mol. The van der Waals surface area contributed by atoms with E-state index < -0.39 is 0 Å². The minimum Gasteiger partial charge on any atom is -0.234 e. The van der Waals surface area contributed by atoms with Crippen molar-refractivity contribution in [3.8, 4) is 0 Å². The van der Waals surface area contributed by atoms with Gasteiger partial charge in [0.1, 0.15) is 0 Å². The van der Waals surface area contributed by atoms with Crippen LogP contribution in [0.5, 0.6) is 0 Å². The van der Waals surface area contributed by atoms with Gasteiger partial charge in [0, 0.05) is 34.4 Å². The van der Waals surface area contributed by atoms with Gasteiger partial charge in [-0.25, -0.2) is 4.98 Å². The molecular formula is C18H17BrN5S+. The minimum atomic E-state index is 0.196. The zero-order chi connectivity index (χ0) is 17.7. The van der Waals surface area contributed by atoms with Gasteiger partial charge >= 0.3 is 0 Å². The number of hydrogen-bond acceptors (Lipinski definition) is 5. The molecule has 25 heavy (non-hydrogen) atoms. The fourth-order valence-corrected chi connectivity index (χ4v) is 3.96. The largest absolute Gasteiger partial charge is 0.250 e. The Hall–Kier alpha value is -2.22. The first-order valence-electron chi connectivity index (χ1n) is 7.68. The van der Waals surface area contributed by atoms with Gasteiger partial charge in [-0.2, -0.15) is 0 Å². The minimum absolute atomic E-state index is 0.196. The molecule has 0 saturated carbocycles. The number of nitrogens with zero attached hydrogens (tertiary/aromatic N) is 5. The van der Waals surface area contributed by atoms with Crippen molar-refractivity contribution in [2.24, 2.45) is 15.5 Å². The molecular weight excluding hydrogens is 398 g/mol. The van der Waals surface area contributed by atoms with E-state index in [-0.39, 0.29) is 4.59 Å². The highest BCUT2D eigenvalue weighted by molar-refractivity contribution is 9.11. The van der Waals surface area contributed by atoms with E-state index in [1.165, 1.54) is 4.88 Å². The van der Waals surface area contributed by atoms with Gasteiger partial charge < -0.3 is 0 Å². The van der Waals surface area contributed by atoms with Crippen molar-refractivity contribution in [1.82, 2.24) is 9.58 Å². The first kappa shape index (κ1) is 17.6. The Bertz CT molecular complexity index is 817. The van der Waals surface area contributed by atoms with Crippen molar-refractivity contribution >= 4 is 45.0 Å². The fraction of sp³-hybridized carbons (Fsp3) is 0.111. The number of para-hydroxylation sites is 2. The molecule has 4 rings (SSSR count). The van der Waals surface area contributed by atoms with Crippen molar-refractivity contribution in [3.63, 3.8) is 0 Å². The van der Waals surface area contributed by atoms with E-state index in [4.69, 9.17) is 0 Å². The Balaban J connectivity index is 0.000000192. The van der Waals surface area contributed by atoms with E-state index >= 15 is 0 Å². The summed E-state index contributed by atoms with van der Waals surface area (Å²) in [5.74, 6) is 0. The lowest BCUT2D eigenvalue weighted by atomic mass is 10.2. The molecule has 1 aromatic heterocycles. The summed E-state index contributed by atoms with van der Waals surface area (Å²) in [5.41, 5.74) is 3.16. The molecule has 0 fully saturated rings. The Morgan fingerprint density at radius 2 is 1.44 bits per heavy atom. The molecule has 7 heteroatoms. The molecule has 0 spiro atoms. The van der Waals surface area contributed by atoms with Gasteiger partial charge in [-0.1, -0.05) is 46.1 Å². The standard InChI is InChI=1S/C13H11N4.C5H6BrNS/c1-3-7-12(8-4-1)17(11-14-15-16-17)13-9-5-2-6-10-13;1-3-4(2)8-5(6)7-3/h1-11H;1-2H3/q+1;. The second-order valence-electron chi connectivity index (χ2n) is 5.37. The highest BCUT2D eigenvalue weighted by Gasteiger charge is 2.36. The van der Waals surface area contributed by atoms with E-state index in [0.29, 0.717) is 0 Å². The van der Waals surface area contributed by atoms with E-state index in [1.54, 1.807) is 17.7 Å². The summed E-state index contributed by atoms with van der Waals surface area (Å²) in [4.78, 5) is 5.43. The van der Waals surface area contributed by atoms with Crippen LogP contribution in [0.25, 0.3) is 0 Å². The molecule has 0 radical (unpaired) electrons. The second-order valence-corrected chi connectivity index (χ2v) is 7.85. The summed E-state index contributed by atoms with van der Waals surface area (Å²) in [6.45, 7) is 4.08. The van der Waals surface area contributed by atoms with E-state index in [1.807, 2.05) is 67.6 Å². The topological polar surface area (TPSA) is 50.0 Å². The first-order valence-corrected chi connectivity index (χ1v) is 9.29. The summed E-state index contributed by atoms with van der Waals surface area (Å²) >= 11 is 4.97. The van der Waals surface area contributed by atoms with Crippen molar-refractivity contribution in [2.45, 2.75) is 13.8 Å². The molecule has 2 heterocycles. The third-order valence-electron chi connectivity index (χ3n) is 3.75. The number of hydrogen-bond donors (Lipinski definition) is 0. The van der Waals surface area contributed by atoms with Crippen LogP contribution in [0.15, 0.2) is 80.1 Å². The maximum atomic E-state index is 4.25. The zero-order valence-electron chi connectivity index (χ0n) is 13.9. The molecule has 0 unspecified atom stereocenters. The number of benzene rings is 2. The second kappa shape index (κ2) is 7.77. The van der Waals surface area contributed by atoms with Crippen LogP contribution < -0.4 is 4.59 Å². The van der Waals surface area contributed by atoms with Crippen molar-refractivity contribution in [2.75, 3.05) is 0 Å². The average Bonchev–Trinajstić information content (AvgIpc) is 3.25. The highest BCUT2D eigenvalue weighted by Crippen LogP contribution is 2.35. The molecule has 5 nitrogen and oxygen atoms in total. The molecule has 0 bridgehead atoms. The molecule has 1 aliphatic heterocycles. The number of quaternary nitrogens is 1.